The minimum absolute atomic E-state index is 0.0514. The van der Waals surface area contributed by atoms with Gasteiger partial charge in [-0.05, 0) is 5.56 Å². The number of hydrogen-bond donors (Lipinski definition) is 2. The van der Waals surface area contributed by atoms with E-state index in [1.807, 2.05) is 30.3 Å². The number of H-pyrrole nitrogens is 1. The predicted octanol–water partition coefficient (Wildman–Crippen LogP) is 0.227. The molecule has 0 aliphatic carbocycles. The number of amides is 1. The number of esters is 1. The van der Waals surface area contributed by atoms with E-state index in [1.165, 1.54) is 25.0 Å². The smallest absolute Gasteiger partial charge is 0.328 e. The molecule has 0 fully saturated rings. The van der Waals surface area contributed by atoms with Crippen LogP contribution in [0.15, 0.2) is 41.3 Å². The van der Waals surface area contributed by atoms with Crippen LogP contribution >= 0.6 is 0 Å². The van der Waals surface area contributed by atoms with Gasteiger partial charge >= 0.3 is 5.97 Å². The van der Waals surface area contributed by atoms with Gasteiger partial charge in [-0.25, -0.2) is 4.79 Å². The molecule has 1 aromatic heterocycles. The van der Waals surface area contributed by atoms with Gasteiger partial charge in [0.25, 0.3) is 11.5 Å². The molecule has 0 saturated carbocycles. The highest BCUT2D eigenvalue weighted by Crippen LogP contribution is 2.05. The average molecular weight is 303 g/mol. The highest BCUT2D eigenvalue weighted by molar-refractivity contribution is 5.96. The maximum atomic E-state index is 12.1. The van der Waals surface area contributed by atoms with E-state index in [2.05, 4.69) is 10.4 Å². The summed E-state index contributed by atoms with van der Waals surface area (Å²) in [4.78, 5) is 35.7. The molecule has 0 radical (unpaired) electrons. The SMILES string of the molecule is COC(=O)[C@H](Cc1ccccc1)NC(=O)c1c[nH]n(C)c1=O. The van der Waals surface area contributed by atoms with Crippen molar-refractivity contribution in [2.24, 2.45) is 7.05 Å². The van der Waals surface area contributed by atoms with Gasteiger partial charge in [0.1, 0.15) is 11.6 Å². The second-order valence-corrected chi connectivity index (χ2v) is 4.79. The van der Waals surface area contributed by atoms with Gasteiger partial charge in [0.2, 0.25) is 0 Å². The first-order valence-electron chi connectivity index (χ1n) is 6.70. The quantitative estimate of drug-likeness (QED) is 0.773. The Kier molecular flexibility index (Phi) is 4.77. The van der Waals surface area contributed by atoms with Crippen LogP contribution in [0.1, 0.15) is 15.9 Å². The first kappa shape index (κ1) is 15.6. The van der Waals surface area contributed by atoms with Gasteiger partial charge in [-0.2, -0.15) is 0 Å². The molecule has 0 aliphatic heterocycles. The Bertz CT molecular complexity index is 718. The first-order chi connectivity index (χ1) is 10.5. The zero-order valence-electron chi connectivity index (χ0n) is 12.3. The van der Waals surface area contributed by atoms with E-state index in [9.17, 15) is 14.4 Å². The van der Waals surface area contributed by atoms with Crippen LogP contribution in [0.2, 0.25) is 0 Å². The molecule has 1 heterocycles. The third-order valence-electron chi connectivity index (χ3n) is 3.26. The van der Waals surface area contributed by atoms with Crippen molar-refractivity contribution in [1.82, 2.24) is 15.1 Å². The number of nitrogens with one attached hydrogen (secondary N) is 2. The lowest BCUT2D eigenvalue weighted by atomic mass is 10.1. The number of hydrogen-bond acceptors (Lipinski definition) is 4. The lowest BCUT2D eigenvalue weighted by Gasteiger charge is -2.16. The second kappa shape index (κ2) is 6.75. The molecule has 0 spiro atoms. The fraction of sp³-hybridized carbons (Fsp3) is 0.267. The van der Waals surface area contributed by atoms with Gasteiger partial charge in [0.05, 0.1) is 7.11 Å². The topological polar surface area (TPSA) is 93.2 Å². The van der Waals surface area contributed by atoms with E-state index >= 15 is 0 Å². The van der Waals surface area contributed by atoms with Crippen molar-refractivity contribution in [3.05, 3.63) is 58.0 Å². The van der Waals surface area contributed by atoms with Crippen LogP contribution in [0.25, 0.3) is 0 Å². The van der Waals surface area contributed by atoms with Crippen LogP contribution in [-0.4, -0.2) is 34.8 Å². The Labute approximate surface area is 126 Å². The number of carbonyl (C=O) groups is 2. The number of carbonyl (C=O) groups excluding carboxylic acids is 2. The number of nitrogens with zero attached hydrogens (tertiary/aromatic N) is 1. The Balaban J connectivity index is 2.16. The fourth-order valence-corrected chi connectivity index (χ4v) is 2.05. The number of aromatic nitrogens is 2. The molecule has 1 amide bonds. The lowest BCUT2D eigenvalue weighted by Crippen LogP contribution is -2.44. The molecule has 2 aromatic rings. The minimum Gasteiger partial charge on any atom is -0.467 e. The molecule has 2 rings (SSSR count). The second-order valence-electron chi connectivity index (χ2n) is 4.79. The monoisotopic (exact) mass is 303 g/mol. The van der Waals surface area contributed by atoms with E-state index in [-0.39, 0.29) is 12.0 Å². The number of aromatic amines is 1. The summed E-state index contributed by atoms with van der Waals surface area (Å²) < 4.78 is 5.89. The summed E-state index contributed by atoms with van der Waals surface area (Å²) >= 11 is 0. The van der Waals surface area contributed by atoms with Gasteiger partial charge < -0.3 is 15.2 Å². The zero-order chi connectivity index (χ0) is 16.1. The summed E-state index contributed by atoms with van der Waals surface area (Å²) in [5.74, 6) is -1.18. The van der Waals surface area contributed by atoms with Gasteiger partial charge in [0, 0.05) is 19.7 Å². The molecule has 2 N–H and O–H groups in total. The van der Waals surface area contributed by atoms with Crippen LogP contribution in [-0.2, 0) is 23.0 Å². The molecule has 116 valence electrons. The highest BCUT2D eigenvalue weighted by Gasteiger charge is 2.24. The molecule has 22 heavy (non-hydrogen) atoms. The fourth-order valence-electron chi connectivity index (χ4n) is 2.05. The van der Waals surface area contributed by atoms with E-state index in [0.717, 1.165) is 5.56 Å². The minimum atomic E-state index is -0.862. The van der Waals surface area contributed by atoms with Crippen molar-refractivity contribution in [1.29, 1.82) is 0 Å². The van der Waals surface area contributed by atoms with Gasteiger partial charge in [-0.15, -0.1) is 0 Å². The lowest BCUT2D eigenvalue weighted by molar-refractivity contribution is -0.142. The third-order valence-corrected chi connectivity index (χ3v) is 3.26. The van der Waals surface area contributed by atoms with Gasteiger partial charge in [-0.3, -0.25) is 14.3 Å². The number of methoxy groups -OCH3 is 1. The standard InChI is InChI=1S/C15H17N3O4/c1-18-14(20)11(9-16-18)13(19)17-12(15(21)22-2)8-10-6-4-3-5-7-10/h3-7,9,12,16H,8H2,1-2H3,(H,17,19)/t12-/m0/s1. The molecule has 0 unspecified atom stereocenters. The largest absolute Gasteiger partial charge is 0.467 e. The summed E-state index contributed by atoms with van der Waals surface area (Å²) in [5.41, 5.74) is 0.366. The maximum Gasteiger partial charge on any atom is 0.328 e. The van der Waals surface area contributed by atoms with Crippen LogP contribution in [0.4, 0.5) is 0 Å². The molecule has 0 bridgehead atoms. The molecule has 7 nitrogen and oxygen atoms in total. The summed E-state index contributed by atoms with van der Waals surface area (Å²) in [7, 11) is 2.75. The van der Waals surface area contributed by atoms with E-state index in [0.29, 0.717) is 0 Å². The van der Waals surface area contributed by atoms with Crippen molar-refractivity contribution >= 4 is 11.9 Å². The zero-order valence-corrected chi connectivity index (χ0v) is 12.3. The van der Waals surface area contributed by atoms with Crippen molar-refractivity contribution in [2.45, 2.75) is 12.5 Å². The van der Waals surface area contributed by atoms with Gasteiger partial charge in [-0.1, -0.05) is 30.3 Å². The summed E-state index contributed by atoms with van der Waals surface area (Å²) in [6.07, 6.45) is 1.58. The number of ether oxygens (including phenoxy) is 1. The molecule has 0 aliphatic rings. The predicted molar refractivity (Wildman–Crippen MR) is 79.4 cm³/mol. The molecule has 1 aromatic carbocycles. The Hall–Kier alpha value is -2.83. The molecular weight excluding hydrogens is 286 g/mol. The summed E-state index contributed by atoms with van der Waals surface area (Å²) in [5, 5.41) is 5.15. The van der Waals surface area contributed by atoms with Crippen molar-refractivity contribution < 1.29 is 14.3 Å². The van der Waals surface area contributed by atoms with Crippen molar-refractivity contribution in [3.8, 4) is 0 Å². The molecule has 0 saturated heterocycles. The van der Waals surface area contributed by atoms with E-state index in [4.69, 9.17) is 4.74 Å². The normalized spacial score (nSPS) is 11.7. The van der Waals surface area contributed by atoms with Gasteiger partial charge in [0.15, 0.2) is 0 Å². The maximum absolute atomic E-state index is 12.1. The Morgan fingerprint density at radius 2 is 2.00 bits per heavy atom. The van der Waals surface area contributed by atoms with Crippen molar-refractivity contribution in [3.63, 3.8) is 0 Å². The summed E-state index contributed by atoms with van der Waals surface area (Å²) in [6, 6.07) is 8.37. The van der Waals surface area contributed by atoms with E-state index < -0.39 is 23.5 Å². The Morgan fingerprint density at radius 3 is 2.55 bits per heavy atom. The summed E-state index contributed by atoms with van der Waals surface area (Å²) in [6.45, 7) is 0. The Morgan fingerprint density at radius 1 is 1.32 bits per heavy atom. The van der Waals surface area contributed by atoms with Crippen LogP contribution in [0.5, 0.6) is 0 Å². The van der Waals surface area contributed by atoms with Crippen LogP contribution < -0.4 is 10.9 Å². The van der Waals surface area contributed by atoms with E-state index in [1.54, 1.807) is 0 Å². The van der Waals surface area contributed by atoms with Crippen molar-refractivity contribution in [2.75, 3.05) is 7.11 Å². The molecule has 7 heteroatoms. The molecular formula is C15H17N3O4. The highest BCUT2D eigenvalue weighted by atomic mass is 16.5. The number of benzene rings is 1. The number of aryl methyl sites for hydroxylation is 1. The third kappa shape index (κ3) is 3.43. The van der Waals surface area contributed by atoms with Crippen LogP contribution in [0, 0.1) is 0 Å². The molecule has 1 atom stereocenters. The number of rotatable bonds is 5. The first-order valence-corrected chi connectivity index (χ1v) is 6.70. The van der Waals surface area contributed by atoms with Crippen LogP contribution in [0.3, 0.4) is 0 Å². The average Bonchev–Trinajstić information content (AvgIpc) is 2.86.